The molecule has 3 aromatic carbocycles. The maximum atomic E-state index is 14.1. The van der Waals surface area contributed by atoms with Crippen molar-refractivity contribution < 1.29 is 17.6 Å². The smallest absolute Gasteiger partial charge is 0.382 e. The van der Waals surface area contributed by atoms with E-state index in [1.807, 2.05) is 18.2 Å². The number of fused-ring (bicyclic) bond motifs is 1. The second-order valence-electron chi connectivity index (χ2n) is 6.14. The van der Waals surface area contributed by atoms with Crippen LogP contribution in [0, 0.1) is 5.82 Å². The number of hydrogen-bond donors (Lipinski definition) is 2. The molecular weight excluding hydrogens is 358 g/mol. The summed E-state index contributed by atoms with van der Waals surface area (Å²) in [5.41, 5.74) is 7.63. The Bertz CT molecular complexity index is 1130. The minimum Gasteiger partial charge on any atom is -0.382 e. The number of halogens is 4. The molecule has 0 amide bonds. The van der Waals surface area contributed by atoms with E-state index >= 15 is 0 Å². The number of aromatic amines is 1. The van der Waals surface area contributed by atoms with Gasteiger partial charge in [-0.2, -0.15) is 18.3 Å². The van der Waals surface area contributed by atoms with Crippen molar-refractivity contribution in [2.45, 2.75) is 6.18 Å². The average Bonchev–Trinajstić information content (AvgIpc) is 3.02. The van der Waals surface area contributed by atoms with Crippen molar-refractivity contribution in [1.82, 2.24) is 10.2 Å². The molecule has 7 heteroatoms. The highest BCUT2D eigenvalue weighted by molar-refractivity contribution is 5.91. The maximum absolute atomic E-state index is 14.1. The molecule has 0 spiro atoms. The average molecular weight is 371 g/mol. The fourth-order valence-corrected chi connectivity index (χ4v) is 2.99. The van der Waals surface area contributed by atoms with Crippen molar-refractivity contribution in [3.8, 4) is 22.3 Å². The molecule has 0 aliphatic rings. The first-order valence-corrected chi connectivity index (χ1v) is 8.04. The first-order valence-electron chi connectivity index (χ1n) is 8.04. The van der Waals surface area contributed by atoms with Gasteiger partial charge in [-0.15, -0.1) is 0 Å². The van der Waals surface area contributed by atoms with E-state index in [9.17, 15) is 17.6 Å². The highest BCUT2D eigenvalue weighted by atomic mass is 19.4. The molecule has 1 aromatic heterocycles. The quantitative estimate of drug-likeness (QED) is 0.448. The Hall–Kier alpha value is -3.35. The van der Waals surface area contributed by atoms with E-state index in [1.54, 1.807) is 24.3 Å². The van der Waals surface area contributed by atoms with Crippen LogP contribution in [0.4, 0.5) is 23.4 Å². The standard InChI is InChI=1S/C20H13F4N3/c21-17-8-6-14(20(22,23)24)10-16(17)12-3-1-11(2-4-12)13-5-7-15-18(9-13)26-27-19(15)25/h1-10H,(H3,25,26,27). The zero-order valence-electron chi connectivity index (χ0n) is 13.8. The second-order valence-corrected chi connectivity index (χ2v) is 6.14. The Labute approximate surface area is 151 Å². The molecule has 1 heterocycles. The highest BCUT2D eigenvalue weighted by Crippen LogP contribution is 2.34. The number of H-pyrrole nitrogens is 1. The van der Waals surface area contributed by atoms with Crippen molar-refractivity contribution in [2.75, 3.05) is 5.73 Å². The SMILES string of the molecule is Nc1n[nH]c2cc(-c3ccc(-c4cc(C(F)(F)F)ccc4F)cc3)ccc12. The van der Waals surface area contributed by atoms with Crippen LogP contribution in [0.15, 0.2) is 60.7 Å². The zero-order chi connectivity index (χ0) is 19.2. The van der Waals surface area contributed by atoms with Crippen LogP contribution in [0.1, 0.15) is 5.56 Å². The van der Waals surface area contributed by atoms with Crippen LogP contribution >= 0.6 is 0 Å². The van der Waals surface area contributed by atoms with Gasteiger partial charge >= 0.3 is 6.18 Å². The number of nitrogen functional groups attached to an aromatic ring is 1. The molecule has 0 fully saturated rings. The Balaban J connectivity index is 1.71. The van der Waals surface area contributed by atoms with Crippen LogP contribution in [0.25, 0.3) is 33.2 Å². The Morgan fingerprint density at radius 2 is 1.48 bits per heavy atom. The Kier molecular flexibility index (Phi) is 3.87. The van der Waals surface area contributed by atoms with Gasteiger partial charge in [0.15, 0.2) is 5.82 Å². The van der Waals surface area contributed by atoms with Crippen molar-refractivity contribution in [2.24, 2.45) is 0 Å². The molecule has 0 aliphatic carbocycles. The third-order valence-electron chi connectivity index (χ3n) is 4.42. The van der Waals surface area contributed by atoms with Gasteiger partial charge in [-0.3, -0.25) is 5.10 Å². The Morgan fingerprint density at radius 3 is 2.19 bits per heavy atom. The third kappa shape index (κ3) is 3.12. The number of rotatable bonds is 2. The van der Waals surface area contributed by atoms with Gasteiger partial charge in [0.25, 0.3) is 0 Å². The largest absolute Gasteiger partial charge is 0.416 e. The molecule has 4 rings (SSSR count). The highest BCUT2D eigenvalue weighted by Gasteiger charge is 2.31. The summed E-state index contributed by atoms with van der Waals surface area (Å²) in [6.07, 6.45) is -4.52. The van der Waals surface area contributed by atoms with E-state index in [4.69, 9.17) is 5.73 Å². The van der Waals surface area contributed by atoms with Crippen molar-refractivity contribution in [3.05, 3.63) is 72.0 Å². The molecule has 0 radical (unpaired) electrons. The monoisotopic (exact) mass is 371 g/mol. The summed E-state index contributed by atoms with van der Waals surface area (Å²) in [6.45, 7) is 0. The number of nitrogens with one attached hydrogen (secondary N) is 1. The van der Waals surface area contributed by atoms with Crippen LogP contribution in [-0.4, -0.2) is 10.2 Å². The lowest BCUT2D eigenvalue weighted by Gasteiger charge is -2.11. The summed E-state index contributed by atoms with van der Waals surface area (Å²) in [5, 5.41) is 7.58. The lowest BCUT2D eigenvalue weighted by molar-refractivity contribution is -0.137. The maximum Gasteiger partial charge on any atom is 0.416 e. The van der Waals surface area contributed by atoms with Crippen LogP contribution in [0.5, 0.6) is 0 Å². The first-order chi connectivity index (χ1) is 12.8. The van der Waals surface area contributed by atoms with Gasteiger partial charge < -0.3 is 5.73 Å². The van der Waals surface area contributed by atoms with Gasteiger partial charge in [0.1, 0.15) is 5.82 Å². The fraction of sp³-hybridized carbons (Fsp3) is 0.0500. The molecule has 27 heavy (non-hydrogen) atoms. The second kappa shape index (κ2) is 6.12. The van der Waals surface area contributed by atoms with E-state index in [-0.39, 0.29) is 5.56 Å². The number of aromatic nitrogens is 2. The molecule has 0 saturated carbocycles. The normalized spacial score (nSPS) is 11.9. The number of nitrogens with zero attached hydrogens (tertiary/aromatic N) is 1. The minimum absolute atomic E-state index is 0.0897. The molecule has 0 atom stereocenters. The predicted molar refractivity (Wildman–Crippen MR) is 96.3 cm³/mol. The van der Waals surface area contributed by atoms with Gasteiger partial charge in [0.05, 0.1) is 11.1 Å². The van der Waals surface area contributed by atoms with Gasteiger partial charge in [0.2, 0.25) is 0 Å². The van der Waals surface area contributed by atoms with E-state index in [2.05, 4.69) is 10.2 Å². The summed E-state index contributed by atoms with van der Waals surface area (Å²) in [7, 11) is 0. The van der Waals surface area contributed by atoms with E-state index in [0.717, 1.165) is 40.2 Å². The van der Waals surface area contributed by atoms with Gasteiger partial charge in [-0.25, -0.2) is 4.39 Å². The van der Waals surface area contributed by atoms with Crippen LogP contribution in [0.3, 0.4) is 0 Å². The summed E-state index contributed by atoms with van der Waals surface area (Å²) in [6, 6.07) is 14.6. The van der Waals surface area contributed by atoms with Crippen LogP contribution in [-0.2, 0) is 6.18 Å². The predicted octanol–water partition coefficient (Wildman–Crippen LogP) is 5.64. The van der Waals surface area contributed by atoms with E-state index in [0.29, 0.717) is 11.4 Å². The van der Waals surface area contributed by atoms with Crippen molar-refractivity contribution in [3.63, 3.8) is 0 Å². The lowest BCUT2D eigenvalue weighted by Crippen LogP contribution is -2.05. The molecule has 0 unspecified atom stereocenters. The number of anilines is 1. The van der Waals surface area contributed by atoms with Gasteiger partial charge in [0, 0.05) is 10.9 Å². The molecule has 3 N–H and O–H groups in total. The molecule has 0 aliphatic heterocycles. The lowest BCUT2D eigenvalue weighted by atomic mass is 9.98. The fourth-order valence-electron chi connectivity index (χ4n) is 2.99. The number of benzene rings is 3. The molecule has 0 saturated heterocycles. The number of nitrogens with two attached hydrogens (primary N) is 1. The topological polar surface area (TPSA) is 54.7 Å². The summed E-state index contributed by atoms with van der Waals surface area (Å²) >= 11 is 0. The number of hydrogen-bond acceptors (Lipinski definition) is 2. The summed E-state index contributed by atoms with van der Waals surface area (Å²) < 4.78 is 52.7. The molecule has 136 valence electrons. The molecule has 4 aromatic rings. The minimum atomic E-state index is -4.52. The van der Waals surface area contributed by atoms with Crippen LogP contribution < -0.4 is 5.73 Å². The zero-order valence-corrected chi connectivity index (χ0v) is 13.8. The summed E-state index contributed by atoms with van der Waals surface area (Å²) in [5.74, 6) is -0.294. The molecule has 0 bridgehead atoms. The molecule has 3 nitrogen and oxygen atoms in total. The van der Waals surface area contributed by atoms with E-state index in [1.165, 1.54) is 0 Å². The van der Waals surface area contributed by atoms with Crippen molar-refractivity contribution in [1.29, 1.82) is 0 Å². The molecular formula is C20H13F4N3. The first kappa shape index (κ1) is 17.1. The summed E-state index contributed by atoms with van der Waals surface area (Å²) in [4.78, 5) is 0. The van der Waals surface area contributed by atoms with Gasteiger partial charge in [-0.05, 0) is 47.0 Å². The van der Waals surface area contributed by atoms with E-state index < -0.39 is 17.6 Å². The third-order valence-corrected chi connectivity index (χ3v) is 4.42. The van der Waals surface area contributed by atoms with Gasteiger partial charge in [-0.1, -0.05) is 30.3 Å². The van der Waals surface area contributed by atoms with Crippen LogP contribution in [0.2, 0.25) is 0 Å². The number of alkyl halides is 3. The van der Waals surface area contributed by atoms with Crippen molar-refractivity contribution >= 4 is 16.7 Å². The Morgan fingerprint density at radius 1 is 0.815 bits per heavy atom.